The monoisotopic (exact) mass is 402 g/mol. The number of rotatable bonds is 6. The molecule has 1 N–H and O–H groups in total. The van der Waals surface area contributed by atoms with Gasteiger partial charge < -0.3 is 15.0 Å². The summed E-state index contributed by atoms with van der Waals surface area (Å²) < 4.78 is 7.60. The predicted molar refractivity (Wildman–Crippen MR) is 116 cm³/mol. The highest BCUT2D eigenvalue weighted by molar-refractivity contribution is 5.80. The van der Waals surface area contributed by atoms with Gasteiger partial charge in [-0.15, -0.1) is 0 Å². The lowest BCUT2D eigenvalue weighted by Crippen LogP contribution is -2.54. The predicted octanol–water partition coefficient (Wildman–Crippen LogP) is 1.90. The van der Waals surface area contributed by atoms with Gasteiger partial charge in [-0.05, 0) is 70.0 Å². The van der Waals surface area contributed by atoms with Crippen LogP contribution in [-0.4, -0.2) is 83.6 Å². The molecule has 0 aromatic carbocycles. The first-order valence-corrected chi connectivity index (χ1v) is 11.5. The zero-order valence-corrected chi connectivity index (χ0v) is 18.3. The van der Waals surface area contributed by atoms with Crippen molar-refractivity contribution in [2.24, 2.45) is 18.0 Å². The first kappa shape index (κ1) is 20.7. The van der Waals surface area contributed by atoms with Crippen LogP contribution >= 0.6 is 0 Å². The number of likely N-dealkylation sites (tertiary alicyclic amines) is 2. The number of guanidine groups is 1. The molecule has 1 aromatic heterocycles. The van der Waals surface area contributed by atoms with Crippen molar-refractivity contribution in [2.45, 2.75) is 51.0 Å². The van der Waals surface area contributed by atoms with Crippen molar-refractivity contribution in [3.63, 3.8) is 0 Å². The fourth-order valence-corrected chi connectivity index (χ4v) is 5.27. The van der Waals surface area contributed by atoms with Gasteiger partial charge in [-0.25, -0.2) is 0 Å². The Labute approximate surface area is 175 Å². The third-order valence-electron chi connectivity index (χ3n) is 6.93. The van der Waals surface area contributed by atoms with E-state index in [0.29, 0.717) is 5.92 Å². The third kappa shape index (κ3) is 4.94. The van der Waals surface area contributed by atoms with Crippen molar-refractivity contribution in [1.82, 2.24) is 24.9 Å². The van der Waals surface area contributed by atoms with Gasteiger partial charge in [0, 0.05) is 51.6 Å². The van der Waals surface area contributed by atoms with E-state index in [1.807, 2.05) is 17.9 Å². The van der Waals surface area contributed by atoms with Gasteiger partial charge in [0.05, 0.1) is 12.7 Å². The first-order chi connectivity index (χ1) is 14.2. The molecule has 1 unspecified atom stereocenters. The van der Waals surface area contributed by atoms with Crippen molar-refractivity contribution < 1.29 is 4.74 Å². The second kappa shape index (κ2) is 9.47. The Bertz CT molecular complexity index is 675. The largest absolute Gasteiger partial charge is 0.381 e. The maximum atomic E-state index is 5.70. The average molecular weight is 403 g/mol. The van der Waals surface area contributed by atoms with E-state index in [-0.39, 0.29) is 5.54 Å². The van der Waals surface area contributed by atoms with E-state index in [1.54, 1.807) is 0 Å². The van der Waals surface area contributed by atoms with Gasteiger partial charge in [-0.2, -0.15) is 5.10 Å². The van der Waals surface area contributed by atoms with Crippen molar-refractivity contribution in [2.75, 3.05) is 52.5 Å². The second-order valence-electron chi connectivity index (χ2n) is 9.03. The Kier molecular flexibility index (Phi) is 6.75. The van der Waals surface area contributed by atoms with Gasteiger partial charge in [0.2, 0.25) is 0 Å². The molecule has 0 saturated carbocycles. The van der Waals surface area contributed by atoms with Crippen molar-refractivity contribution in [3.8, 4) is 0 Å². The molecule has 29 heavy (non-hydrogen) atoms. The molecule has 3 fully saturated rings. The number of aliphatic imine (C=N–C) groups is 1. The molecule has 0 bridgehead atoms. The Morgan fingerprint density at radius 2 is 2.07 bits per heavy atom. The fraction of sp³-hybridized carbons (Fsp3) is 0.818. The van der Waals surface area contributed by atoms with Crippen LogP contribution < -0.4 is 5.32 Å². The number of hydrogen-bond donors (Lipinski definition) is 1. The van der Waals surface area contributed by atoms with E-state index in [4.69, 9.17) is 9.73 Å². The molecule has 4 rings (SSSR count). The van der Waals surface area contributed by atoms with Crippen molar-refractivity contribution in [3.05, 3.63) is 18.0 Å². The summed E-state index contributed by atoms with van der Waals surface area (Å²) in [7, 11) is 1.99. The quantitative estimate of drug-likeness (QED) is 0.582. The van der Waals surface area contributed by atoms with E-state index in [2.05, 4.69) is 33.3 Å². The molecule has 0 spiro atoms. The highest BCUT2D eigenvalue weighted by Gasteiger charge is 2.40. The standard InChI is InChI=1S/C22H38N6O/c1-3-23-21(27-11-6-19(17-27)14-20-15-25-26(2)16-20)24-18-22(7-12-29-13-8-22)28-9-4-5-10-28/h15-16,19H,3-14,17-18H2,1-2H3,(H,23,24). The van der Waals surface area contributed by atoms with Gasteiger partial charge in [-0.1, -0.05) is 0 Å². The number of ether oxygens (including phenoxy) is 1. The first-order valence-electron chi connectivity index (χ1n) is 11.5. The van der Waals surface area contributed by atoms with Crippen LogP contribution in [-0.2, 0) is 18.2 Å². The van der Waals surface area contributed by atoms with Crippen LogP contribution in [0.15, 0.2) is 17.4 Å². The van der Waals surface area contributed by atoms with E-state index >= 15 is 0 Å². The van der Waals surface area contributed by atoms with Crippen LogP contribution in [0, 0.1) is 5.92 Å². The SMILES string of the molecule is CCNC(=NCC1(N2CCCC2)CCOCC1)N1CCC(Cc2cnn(C)c2)C1. The summed E-state index contributed by atoms with van der Waals surface area (Å²) in [6.45, 7) is 10.4. The molecule has 1 atom stereocenters. The fourth-order valence-electron chi connectivity index (χ4n) is 5.27. The topological polar surface area (TPSA) is 57.9 Å². The Balaban J connectivity index is 1.41. The van der Waals surface area contributed by atoms with E-state index in [9.17, 15) is 0 Å². The number of aryl methyl sites for hydroxylation is 1. The van der Waals surface area contributed by atoms with Crippen LogP contribution in [0.5, 0.6) is 0 Å². The number of nitrogens with one attached hydrogen (secondary N) is 1. The summed E-state index contributed by atoms with van der Waals surface area (Å²) in [6.07, 6.45) is 11.4. The second-order valence-corrected chi connectivity index (χ2v) is 9.03. The van der Waals surface area contributed by atoms with Crippen molar-refractivity contribution >= 4 is 5.96 Å². The average Bonchev–Trinajstić information content (AvgIpc) is 3.49. The summed E-state index contributed by atoms with van der Waals surface area (Å²) in [5.41, 5.74) is 1.54. The zero-order valence-electron chi connectivity index (χ0n) is 18.3. The molecule has 0 aliphatic carbocycles. The molecule has 3 aliphatic heterocycles. The summed E-state index contributed by atoms with van der Waals surface area (Å²) in [5, 5.41) is 7.89. The molecule has 0 amide bonds. The minimum Gasteiger partial charge on any atom is -0.381 e. The van der Waals surface area contributed by atoms with E-state index in [1.165, 1.54) is 37.9 Å². The van der Waals surface area contributed by atoms with Gasteiger partial charge in [0.15, 0.2) is 5.96 Å². The minimum absolute atomic E-state index is 0.199. The molecule has 3 saturated heterocycles. The summed E-state index contributed by atoms with van der Waals surface area (Å²) in [5.74, 6) is 1.78. The summed E-state index contributed by atoms with van der Waals surface area (Å²) in [6, 6.07) is 0. The minimum atomic E-state index is 0.199. The van der Waals surface area contributed by atoms with Gasteiger partial charge in [0.25, 0.3) is 0 Å². The summed E-state index contributed by atoms with van der Waals surface area (Å²) in [4.78, 5) is 10.4. The number of hydrogen-bond acceptors (Lipinski definition) is 4. The lowest BCUT2D eigenvalue weighted by atomic mass is 9.88. The smallest absolute Gasteiger partial charge is 0.193 e. The maximum absolute atomic E-state index is 5.70. The molecule has 7 heteroatoms. The Morgan fingerprint density at radius 3 is 2.76 bits per heavy atom. The lowest BCUT2D eigenvalue weighted by molar-refractivity contribution is -0.0139. The molecular formula is C22H38N6O. The molecule has 3 aliphatic rings. The molecular weight excluding hydrogens is 364 g/mol. The van der Waals surface area contributed by atoms with Crippen LogP contribution in [0.1, 0.15) is 44.6 Å². The number of nitrogens with zero attached hydrogens (tertiary/aromatic N) is 5. The Hall–Kier alpha value is -1.60. The lowest BCUT2D eigenvalue weighted by Gasteiger charge is -2.43. The van der Waals surface area contributed by atoms with Crippen LogP contribution in [0.4, 0.5) is 0 Å². The van der Waals surface area contributed by atoms with Crippen LogP contribution in [0.2, 0.25) is 0 Å². The molecule has 7 nitrogen and oxygen atoms in total. The van der Waals surface area contributed by atoms with Crippen LogP contribution in [0.25, 0.3) is 0 Å². The Morgan fingerprint density at radius 1 is 1.28 bits per heavy atom. The van der Waals surface area contributed by atoms with Gasteiger partial charge >= 0.3 is 0 Å². The highest BCUT2D eigenvalue weighted by atomic mass is 16.5. The zero-order chi connectivity index (χ0) is 20.1. The maximum Gasteiger partial charge on any atom is 0.193 e. The normalized spacial score (nSPS) is 25.7. The highest BCUT2D eigenvalue weighted by Crippen LogP contribution is 2.32. The van der Waals surface area contributed by atoms with Gasteiger partial charge in [-0.3, -0.25) is 14.6 Å². The third-order valence-corrected chi connectivity index (χ3v) is 6.93. The number of aromatic nitrogens is 2. The molecule has 162 valence electrons. The van der Waals surface area contributed by atoms with E-state index < -0.39 is 0 Å². The van der Waals surface area contributed by atoms with Crippen molar-refractivity contribution in [1.29, 1.82) is 0 Å². The van der Waals surface area contributed by atoms with E-state index in [0.717, 1.165) is 64.6 Å². The molecule has 4 heterocycles. The van der Waals surface area contributed by atoms with Gasteiger partial charge in [0.1, 0.15) is 0 Å². The van der Waals surface area contributed by atoms with Crippen LogP contribution in [0.3, 0.4) is 0 Å². The molecule has 0 radical (unpaired) electrons. The molecule has 1 aromatic rings. The summed E-state index contributed by atoms with van der Waals surface area (Å²) >= 11 is 0.